The van der Waals surface area contributed by atoms with E-state index in [0.29, 0.717) is 11.8 Å². The number of benzene rings is 2. The van der Waals surface area contributed by atoms with E-state index >= 15 is 0 Å². The Labute approximate surface area is 190 Å². The lowest BCUT2D eigenvalue weighted by Crippen LogP contribution is -2.02. The molecule has 1 atom stereocenters. The van der Waals surface area contributed by atoms with Gasteiger partial charge in [-0.15, -0.1) is 0 Å². The number of rotatable bonds is 7. The van der Waals surface area contributed by atoms with E-state index in [2.05, 4.69) is 69.1 Å². The maximum Gasteiger partial charge on any atom is 0.137 e. The van der Waals surface area contributed by atoms with Gasteiger partial charge in [-0.25, -0.2) is 0 Å². The Hall–Kier alpha value is -3.14. The monoisotopic (exact) mass is 428 g/mol. The first-order valence-corrected chi connectivity index (χ1v) is 11.3. The lowest BCUT2D eigenvalue weighted by atomic mass is 9.88. The largest absolute Gasteiger partial charge is 0.495 e. The van der Waals surface area contributed by atoms with Crippen molar-refractivity contribution in [1.82, 2.24) is 9.97 Å². The van der Waals surface area contributed by atoms with E-state index in [4.69, 9.17) is 14.5 Å². The molecule has 0 saturated carbocycles. The van der Waals surface area contributed by atoms with Gasteiger partial charge in [0.25, 0.3) is 0 Å². The smallest absolute Gasteiger partial charge is 0.137 e. The van der Waals surface area contributed by atoms with Crippen molar-refractivity contribution >= 4 is 21.8 Å². The van der Waals surface area contributed by atoms with Crippen molar-refractivity contribution in [2.45, 2.75) is 52.4 Å². The standard InChI is InChI=1S/C28H32N2O2/c1-17(2)23-10-9-20(28-26(23)14-22(32-6)16-30-28)8-7-19(4)24-11-18(3)12-27-25(24)13-21(31-5)15-29-27/h9-17,19H,7-8H2,1-6H3. The van der Waals surface area contributed by atoms with E-state index in [0.717, 1.165) is 35.4 Å². The second-order valence-electron chi connectivity index (χ2n) is 8.98. The minimum Gasteiger partial charge on any atom is -0.495 e. The number of methoxy groups -OCH3 is 2. The van der Waals surface area contributed by atoms with Gasteiger partial charge in [-0.3, -0.25) is 9.97 Å². The molecule has 2 heterocycles. The normalized spacial score (nSPS) is 12.5. The van der Waals surface area contributed by atoms with E-state index in [-0.39, 0.29) is 0 Å². The number of nitrogens with zero attached hydrogens (tertiary/aromatic N) is 2. The number of hydrogen-bond acceptors (Lipinski definition) is 4. The van der Waals surface area contributed by atoms with Gasteiger partial charge in [-0.1, -0.05) is 39.0 Å². The minimum atomic E-state index is 0.379. The summed E-state index contributed by atoms with van der Waals surface area (Å²) in [6.45, 7) is 8.88. The van der Waals surface area contributed by atoms with E-state index in [1.165, 1.54) is 33.0 Å². The summed E-state index contributed by atoms with van der Waals surface area (Å²) in [4.78, 5) is 9.39. The van der Waals surface area contributed by atoms with Gasteiger partial charge in [0.05, 0.1) is 37.6 Å². The number of aromatic nitrogens is 2. The van der Waals surface area contributed by atoms with Crippen LogP contribution in [0.15, 0.2) is 48.8 Å². The molecule has 4 nitrogen and oxygen atoms in total. The second-order valence-corrected chi connectivity index (χ2v) is 8.98. The van der Waals surface area contributed by atoms with Crippen molar-refractivity contribution in [1.29, 1.82) is 0 Å². The van der Waals surface area contributed by atoms with Gasteiger partial charge in [0.15, 0.2) is 0 Å². The highest BCUT2D eigenvalue weighted by Crippen LogP contribution is 2.34. The molecule has 0 amide bonds. The first-order chi connectivity index (χ1) is 15.4. The van der Waals surface area contributed by atoms with Crippen molar-refractivity contribution in [3.63, 3.8) is 0 Å². The average molecular weight is 429 g/mol. The zero-order chi connectivity index (χ0) is 22.8. The van der Waals surface area contributed by atoms with E-state index in [9.17, 15) is 0 Å². The molecule has 166 valence electrons. The van der Waals surface area contributed by atoms with Crippen LogP contribution in [-0.4, -0.2) is 24.2 Å². The molecule has 0 spiro atoms. The molecule has 2 aromatic heterocycles. The zero-order valence-corrected chi connectivity index (χ0v) is 19.9. The second kappa shape index (κ2) is 9.15. The van der Waals surface area contributed by atoms with Crippen LogP contribution >= 0.6 is 0 Å². The van der Waals surface area contributed by atoms with Crippen LogP contribution < -0.4 is 9.47 Å². The molecular weight excluding hydrogens is 396 g/mol. The molecule has 4 aromatic rings. The van der Waals surface area contributed by atoms with Gasteiger partial charge in [0.2, 0.25) is 0 Å². The number of pyridine rings is 2. The van der Waals surface area contributed by atoms with Crippen LogP contribution in [0.4, 0.5) is 0 Å². The van der Waals surface area contributed by atoms with Crippen molar-refractivity contribution in [2.75, 3.05) is 14.2 Å². The maximum atomic E-state index is 5.45. The van der Waals surface area contributed by atoms with E-state index < -0.39 is 0 Å². The zero-order valence-electron chi connectivity index (χ0n) is 19.9. The van der Waals surface area contributed by atoms with Crippen LogP contribution in [0.5, 0.6) is 11.5 Å². The summed E-state index contributed by atoms with van der Waals surface area (Å²) in [5, 5.41) is 2.37. The van der Waals surface area contributed by atoms with E-state index in [1.54, 1.807) is 20.4 Å². The molecule has 0 aliphatic carbocycles. The molecule has 0 N–H and O–H groups in total. The Balaban J connectivity index is 1.68. The number of ether oxygens (including phenoxy) is 2. The highest BCUT2D eigenvalue weighted by atomic mass is 16.5. The summed E-state index contributed by atoms with van der Waals surface area (Å²) in [6.07, 6.45) is 5.60. The van der Waals surface area contributed by atoms with Crippen LogP contribution in [0.25, 0.3) is 21.8 Å². The molecule has 0 bridgehead atoms. The highest BCUT2D eigenvalue weighted by Gasteiger charge is 2.15. The lowest BCUT2D eigenvalue weighted by molar-refractivity contribution is 0.413. The molecule has 0 aliphatic rings. The third-order valence-corrected chi connectivity index (χ3v) is 6.36. The minimum absolute atomic E-state index is 0.379. The first-order valence-electron chi connectivity index (χ1n) is 11.3. The summed E-state index contributed by atoms with van der Waals surface area (Å²) >= 11 is 0. The van der Waals surface area contributed by atoms with Crippen molar-refractivity contribution in [3.8, 4) is 11.5 Å². The topological polar surface area (TPSA) is 44.2 Å². The molecule has 4 rings (SSSR count). The SMILES string of the molecule is COc1cnc2cc(C)cc(C(C)CCc3ccc(C(C)C)c4cc(OC)cnc34)c2c1. The third-order valence-electron chi connectivity index (χ3n) is 6.36. The maximum absolute atomic E-state index is 5.45. The van der Waals surface area contributed by atoms with Gasteiger partial charge in [0, 0.05) is 10.8 Å². The Bertz CT molecular complexity index is 1260. The lowest BCUT2D eigenvalue weighted by Gasteiger charge is -2.18. The van der Waals surface area contributed by atoms with Crippen molar-refractivity contribution < 1.29 is 9.47 Å². The fourth-order valence-electron chi connectivity index (χ4n) is 4.53. The summed E-state index contributed by atoms with van der Waals surface area (Å²) in [5.41, 5.74) is 7.26. The highest BCUT2D eigenvalue weighted by molar-refractivity contribution is 5.87. The van der Waals surface area contributed by atoms with Gasteiger partial charge in [-0.05, 0) is 72.1 Å². The first kappa shape index (κ1) is 22.1. The van der Waals surface area contributed by atoms with Gasteiger partial charge < -0.3 is 9.47 Å². The Morgan fingerprint density at radius 3 is 2.19 bits per heavy atom. The van der Waals surface area contributed by atoms with Crippen LogP contribution in [0.3, 0.4) is 0 Å². The van der Waals surface area contributed by atoms with Crippen LogP contribution in [0, 0.1) is 6.92 Å². The predicted molar refractivity (Wildman–Crippen MR) is 132 cm³/mol. The summed E-state index contributed by atoms with van der Waals surface area (Å²) in [5.74, 6) is 2.41. The van der Waals surface area contributed by atoms with Crippen molar-refractivity contribution in [2.24, 2.45) is 0 Å². The molecule has 32 heavy (non-hydrogen) atoms. The average Bonchev–Trinajstić information content (AvgIpc) is 2.80. The number of hydrogen-bond donors (Lipinski definition) is 0. The Morgan fingerprint density at radius 2 is 1.50 bits per heavy atom. The number of aryl methyl sites for hydroxylation is 2. The summed E-state index contributed by atoms with van der Waals surface area (Å²) < 4.78 is 10.9. The molecular formula is C28H32N2O2. The van der Waals surface area contributed by atoms with Gasteiger partial charge in [-0.2, -0.15) is 0 Å². The summed E-state index contributed by atoms with van der Waals surface area (Å²) in [6, 6.07) is 13.2. The fraction of sp³-hybridized carbons (Fsp3) is 0.357. The molecule has 0 fully saturated rings. The molecule has 2 aromatic carbocycles. The third kappa shape index (κ3) is 4.27. The molecule has 0 saturated heterocycles. The molecule has 1 unspecified atom stereocenters. The van der Waals surface area contributed by atoms with Crippen LogP contribution in [0.1, 0.15) is 61.3 Å². The van der Waals surface area contributed by atoms with Crippen LogP contribution in [-0.2, 0) is 6.42 Å². The van der Waals surface area contributed by atoms with Gasteiger partial charge >= 0.3 is 0 Å². The predicted octanol–water partition coefficient (Wildman–Crippen LogP) is 6.97. The Kier molecular flexibility index (Phi) is 6.31. The van der Waals surface area contributed by atoms with Crippen LogP contribution in [0.2, 0.25) is 0 Å². The van der Waals surface area contributed by atoms with E-state index in [1.807, 2.05) is 6.20 Å². The van der Waals surface area contributed by atoms with Gasteiger partial charge in [0.1, 0.15) is 11.5 Å². The quantitative estimate of drug-likeness (QED) is 0.319. The van der Waals surface area contributed by atoms with Crippen molar-refractivity contribution in [3.05, 3.63) is 71.0 Å². The molecule has 0 aliphatic heterocycles. The number of fused-ring (bicyclic) bond motifs is 2. The summed E-state index contributed by atoms with van der Waals surface area (Å²) in [7, 11) is 3.38. The Morgan fingerprint density at radius 1 is 0.812 bits per heavy atom. The fourth-order valence-corrected chi connectivity index (χ4v) is 4.53. The molecule has 0 radical (unpaired) electrons. The molecule has 4 heteroatoms.